The van der Waals surface area contributed by atoms with Gasteiger partial charge in [-0.1, -0.05) is 0 Å². The normalized spacial score (nSPS) is 15.7. The van der Waals surface area contributed by atoms with Crippen LogP contribution in [0.15, 0.2) is 0 Å². The molecule has 0 saturated carbocycles. The highest BCUT2D eigenvalue weighted by Crippen LogP contribution is 2.53. The molecule has 0 amide bonds. The van der Waals surface area contributed by atoms with Gasteiger partial charge in [-0.2, -0.15) is 57.1 Å². The molecule has 3 nitrogen and oxygen atoms in total. The Morgan fingerprint density at radius 1 is 0.652 bits per heavy atom. The fourth-order valence-corrected chi connectivity index (χ4v) is 0.771. The molecule has 0 rings (SSSR count). The molecule has 23 heavy (non-hydrogen) atoms. The molecular weight excluding hydrogens is 379 g/mol. The summed E-state index contributed by atoms with van der Waals surface area (Å²) in [5.74, 6) is -25.8. The van der Waals surface area contributed by atoms with E-state index < -0.39 is 42.1 Å². The third-order valence-corrected chi connectivity index (χ3v) is 2.01. The second kappa shape index (κ2) is 5.27. The second-order valence-electron chi connectivity index (χ2n) is 3.66. The molecule has 0 unspecified atom stereocenters. The molecule has 0 bridgehead atoms. The number of hydrogen-bond donors (Lipinski definition) is 1. The van der Waals surface area contributed by atoms with Crippen molar-refractivity contribution in [3.05, 3.63) is 0 Å². The summed E-state index contributed by atoms with van der Waals surface area (Å²) in [5, 5.41) is 7.59. The number of carboxylic acids is 1. The van der Waals surface area contributed by atoms with E-state index in [-0.39, 0.29) is 0 Å². The van der Waals surface area contributed by atoms with Gasteiger partial charge in [-0.25, -0.2) is 9.53 Å². The van der Waals surface area contributed by atoms with Crippen LogP contribution in [0.4, 0.5) is 57.1 Å². The van der Waals surface area contributed by atoms with Gasteiger partial charge in [0.25, 0.3) is 0 Å². The Hall–Kier alpha value is -1.48. The molecule has 0 aromatic rings. The van der Waals surface area contributed by atoms with Gasteiger partial charge < -0.3 is 5.11 Å². The smallest absolute Gasteiger partial charge is 0.462 e. The molecule has 0 aliphatic heterocycles. The van der Waals surface area contributed by atoms with E-state index in [1.165, 1.54) is 4.74 Å². The summed E-state index contributed by atoms with van der Waals surface area (Å²) in [6.45, 7) is 0. The van der Waals surface area contributed by atoms with Gasteiger partial charge >= 0.3 is 42.1 Å². The molecule has 0 saturated heterocycles. The van der Waals surface area contributed by atoms with E-state index >= 15 is 0 Å². The lowest BCUT2D eigenvalue weighted by Gasteiger charge is -2.34. The molecule has 138 valence electrons. The molecule has 16 heteroatoms. The maximum atomic E-state index is 12.6. The monoisotopic (exact) mass is 380 g/mol. The fourth-order valence-electron chi connectivity index (χ4n) is 0.771. The third kappa shape index (κ3) is 3.25. The standard InChI is InChI=1S/C7HF13O3/c8-2(9,1(21)22)3(10,11)6(17,18)23-7(19,20)4(12,13)5(14,15)16/h(H,21,22). The van der Waals surface area contributed by atoms with Crippen LogP contribution in [-0.2, 0) is 9.53 Å². The predicted octanol–water partition coefficient (Wildman–Crippen LogP) is 3.74. The fraction of sp³-hybridized carbons (Fsp3) is 0.857. The van der Waals surface area contributed by atoms with Crippen LogP contribution < -0.4 is 0 Å². The van der Waals surface area contributed by atoms with Crippen molar-refractivity contribution in [2.45, 2.75) is 36.2 Å². The molecule has 0 aliphatic rings. The first kappa shape index (κ1) is 21.5. The Labute approximate surface area is 115 Å². The van der Waals surface area contributed by atoms with Crippen LogP contribution in [0.3, 0.4) is 0 Å². The van der Waals surface area contributed by atoms with Gasteiger partial charge in [-0.3, -0.25) is 0 Å². The maximum Gasteiger partial charge on any atom is 0.462 e. The van der Waals surface area contributed by atoms with E-state index in [0.29, 0.717) is 0 Å². The van der Waals surface area contributed by atoms with Crippen LogP contribution in [0.2, 0.25) is 0 Å². The number of alkyl halides is 13. The van der Waals surface area contributed by atoms with Crippen LogP contribution >= 0.6 is 0 Å². The Kier molecular flexibility index (Phi) is 4.93. The summed E-state index contributed by atoms with van der Waals surface area (Å²) in [6, 6.07) is 0. The minimum absolute atomic E-state index is 1.29. The van der Waals surface area contributed by atoms with Crippen molar-refractivity contribution >= 4 is 5.97 Å². The highest BCUT2D eigenvalue weighted by molar-refractivity contribution is 5.76. The number of hydrogen-bond acceptors (Lipinski definition) is 2. The van der Waals surface area contributed by atoms with E-state index in [9.17, 15) is 61.9 Å². The van der Waals surface area contributed by atoms with Crippen LogP contribution in [-0.4, -0.2) is 47.2 Å². The molecule has 1 N–H and O–H groups in total. The average molecular weight is 380 g/mol. The molecule has 0 aromatic carbocycles. The topological polar surface area (TPSA) is 46.5 Å². The van der Waals surface area contributed by atoms with E-state index in [2.05, 4.69) is 0 Å². The van der Waals surface area contributed by atoms with Gasteiger partial charge in [-0.05, 0) is 0 Å². The number of rotatable bonds is 6. The molecule has 0 radical (unpaired) electrons. The van der Waals surface area contributed by atoms with Crippen LogP contribution in [0.1, 0.15) is 0 Å². The van der Waals surface area contributed by atoms with Crippen molar-refractivity contribution in [3.63, 3.8) is 0 Å². The van der Waals surface area contributed by atoms with E-state index in [0.717, 1.165) is 0 Å². The van der Waals surface area contributed by atoms with E-state index in [1.807, 2.05) is 0 Å². The van der Waals surface area contributed by atoms with Gasteiger partial charge in [0, 0.05) is 0 Å². The minimum atomic E-state index is -7.49. The lowest BCUT2D eigenvalue weighted by atomic mass is 10.1. The number of halogens is 13. The third-order valence-electron chi connectivity index (χ3n) is 2.01. The van der Waals surface area contributed by atoms with Crippen molar-refractivity contribution in [2.75, 3.05) is 0 Å². The lowest BCUT2D eigenvalue weighted by molar-refractivity contribution is -0.506. The zero-order chi connectivity index (χ0) is 19.3. The predicted molar refractivity (Wildman–Crippen MR) is 39.5 cm³/mol. The van der Waals surface area contributed by atoms with Crippen molar-refractivity contribution in [1.82, 2.24) is 0 Å². The maximum absolute atomic E-state index is 12.6. The zero-order valence-corrected chi connectivity index (χ0v) is 9.68. The molecule has 0 spiro atoms. The molecule has 0 atom stereocenters. The largest absolute Gasteiger partial charge is 0.477 e. The van der Waals surface area contributed by atoms with Crippen molar-refractivity contribution in [2.24, 2.45) is 0 Å². The summed E-state index contributed by atoms with van der Waals surface area (Å²) in [7, 11) is 0. The first-order valence-electron chi connectivity index (χ1n) is 4.54. The molecule has 0 fully saturated rings. The summed E-state index contributed by atoms with van der Waals surface area (Å²) < 4.78 is 160. The average Bonchev–Trinajstić information content (AvgIpc) is 2.24. The SMILES string of the molecule is O=C(O)C(F)(F)C(F)(F)C(F)(F)OC(F)(F)C(F)(F)C(F)(F)F. The van der Waals surface area contributed by atoms with Gasteiger partial charge in [0.1, 0.15) is 0 Å². The lowest BCUT2D eigenvalue weighted by Crippen LogP contribution is -2.63. The van der Waals surface area contributed by atoms with E-state index in [1.54, 1.807) is 0 Å². The van der Waals surface area contributed by atoms with Gasteiger partial charge in [0.15, 0.2) is 0 Å². The molecular formula is C7HF13O3. The highest BCUT2D eigenvalue weighted by atomic mass is 19.4. The van der Waals surface area contributed by atoms with Crippen molar-refractivity contribution in [1.29, 1.82) is 0 Å². The zero-order valence-electron chi connectivity index (χ0n) is 9.68. The second-order valence-corrected chi connectivity index (χ2v) is 3.66. The summed E-state index contributed by atoms with van der Waals surface area (Å²) in [4.78, 5) is 9.70. The van der Waals surface area contributed by atoms with Crippen LogP contribution in [0.5, 0.6) is 0 Å². The molecule has 0 aromatic heterocycles. The quantitative estimate of drug-likeness (QED) is 0.715. The number of ether oxygens (including phenoxy) is 1. The Morgan fingerprint density at radius 2 is 0.957 bits per heavy atom. The number of aliphatic carboxylic acids is 1. The highest BCUT2D eigenvalue weighted by Gasteiger charge is 2.83. The summed E-state index contributed by atoms with van der Waals surface area (Å²) in [6.07, 6.45) is -22.2. The Morgan fingerprint density at radius 3 is 1.22 bits per heavy atom. The van der Waals surface area contributed by atoms with Gasteiger partial charge in [-0.15, -0.1) is 0 Å². The van der Waals surface area contributed by atoms with Crippen molar-refractivity contribution < 1.29 is 71.7 Å². The van der Waals surface area contributed by atoms with Crippen LogP contribution in [0, 0.1) is 0 Å². The Balaban J connectivity index is 5.86. The Bertz CT molecular complexity index is 465. The van der Waals surface area contributed by atoms with Crippen molar-refractivity contribution in [3.8, 4) is 0 Å². The summed E-state index contributed by atoms with van der Waals surface area (Å²) >= 11 is 0. The summed E-state index contributed by atoms with van der Waals surface area (Å²) in [5.41, 5.74) is 0. The first-order chi connectivity index (χ1) is 9.65. The van der Waals surface area contributed by atoms with Gasteiger partial charge in [0.05, 0.1) is 0 Å². The minimum Gasteiger partial charge on any atom is -0.477 e. The van der Waals surface area contributed by atoms with Crippen LogP contribution in [0.25, 0.3) is 0 Å². The van der Waals surface area contributed by atoms with E-state index in [4.69, 9.17) is 5.11 Å². The molecule has 0 aliphatic carbocycles. The van der Waals surface area contributed by atoms with Gasteiger partial charge in [0.2, 0.25) is 0 Å². The molecule has 0 heterocycles. The first-order valence-corrected chi connectivity index (χ1v) is 4.54. The number of carbonyl (C=O) groups is 1. The number of carboxylic acid groups (broad SMARTS) is 1.